The molecule has 0 spiro atoms. The summed E-state index contributed by atoms with van der Waals surface area (Å²) in [5, 5.41) is 3.20. The van der Waals surface area contributed by atoms with Gasteiger partial charge in [0.05, 0.1) is 31.4 Å². The third kappa shape index (κ3) is 4.73. The van der Waals surface area contributed by atoms with Gasteiger partial charge in [0.15, 0.2) is 0 Å². The van der Waals surface area contributed by atoms with E-state index in [2.05, 4.69) is 20.3 Å². The largest absolute Gasteiger partial charge is 0.494 e. The lowest BCUT2D eigenvalue weighted by Gasteiger charge is -2.13. The summed E-state index contributed by atoms with van der Waals surface area (Å²) in [6.45, 7) is 4.76. The fourth-order valence-electron chi connectivity index (χ4n) is 2.55. The summed E-state index contributed by atoms with van der Waals surface area (Å²) in [4.78, 5) is 13.0. The van der Waals surface area contributed by atoms with Crippen molar-refractivity contribution >= 4 is 11.6 Å². The molecule has 1 N–H and O–H groups in total. The molecule has 0 aliphatic heterocycles. The van der Waals surface area contributed by atoms with Crippen molar-refractivity contribution in [2.24, 2.45) is 0 Å². The zero-order chi connectivity index (χ0) is 19.2. The smallest absolute Gasteiger partial charge is 0.230 e. The summed E-state index contributed by atoms with van der Waals surface area (Å²) in [5.41, 5.74) is 3.45. The van der Waals surface area contributed by atoms with Gasteiger partial charge in [0.2, 0.25) is 11.8 Å². The quantitative estimate of drug-likeness (QED) is 0.608. The van der Waals surface area contributed by atoms with Crippen LogP contribution in [0.2, 0.25) is 0 Å². The third-order valence-electron chi connectivity index (χ3n) is 3.79. The first-order chi connectivity index (χ1) is 13.1. The molecule has 0 bridgehead atoms. The molecule has 0 aliphatic carbocycles. The van der Waals surface area contributed by atoms with Gasteiger partial charge >= 0.3 is 0 Å². The van der Waals surface area contributed by atoms with Crippen LogP contribution < -0.4 is 14.8 Å². The normalized spacial score (nSPS) is 10.7. The molecule has 8 heteroatoms. The van der Waals surface area contributed by atoms with Crippen LogP contribution in [-0.4, -0.2) is 47.0 Å². The van der Waals surface area contributed by atoms with E-state index in [1.807, 2.05) is 42.8 Å². The molecule has 8 nitrogen and oxygen atoms in total. The Morgan fingerprint density at radius 3 is 2.63 bits per heavy atom. The Morgan fingerprint density at radius 1 is 1.07 bits per heavy atom. The van der Waals surface area contributed by atoms with Gasteiger partial charge in [-0.1, -0.05) is 0 Å². The van der Waals surface area contributed by atoms with E-state index >= 15 is 0 Å². The molecule has 3 aromatic rings. The molecule has 144 valence electrons. The summed E-state index contributed by atoms with van der Waals surface area (Å²) >= 11 is 0. The standard InChI is InChI=1S/C19H23N5O3.H2/c1-13-9-18(27-8-7-25-3)23-19(21-13)22-15-5-6-16(17(10-15)26-4)24-11-14(2)20-12-24;/h5-6,9-12H,7-8H2,1-4H3,(H,21,22,23);1H. The van der Waals surface area contributed by atoms with Crippen molar-refractivity contribution in [3.63, 3.8) is 0 Å². The second-order valence-corrected chi connectivity index (χ2v) is 5.95. The number of hydrogen-bond donors (Lipinski definition) is 1. The van der Waals surface area contributed by atoms with Crippen LogP contribution in [0.3, 0.4) is 0 Å². The van der Waals surface area contributed by atoms with Gasteiger partial charge in [0, 0.05) is 38.2 Å². The number of nitrogens with zero attached hydrogens (tertiary/aromatic N) is 4. The number of aromatic nitrogens is 4. The van der Waals surface area contributed by atoms with Crippen LogP contribution in [0.5, 0.6) is 11.6 Å². The first kappa shape index (κ1) is 18.7. The molecule has 0 amide bonds. The molecule has 1 aromatic carbocycles. The summed E-state index contributed by atoms with van der Waals surface area (Å²) in [6.07, 6.45) is 3.70. The van der Waals surface area contributed by atoms with Gasteiger partial charge < -0.3 is 24.1 Å². The highest BCUT2D eigenvalue weighted by Gasteiger charge is 2.09. The lowest BCUT2D eigenvalue weighted by molar-refractivity contribution is 0.143. The van der Waals surface area contributed by atoms with E-state index in [-0.39, 0.29) is 1.43 Å². The first-order valence-electron chi connectivity index (χ1n) is 8.52. The fourth-order valence-corrected chi connectivity index (χ4v) is 2.55. The Labute approximate surface area is 159 Å². The highest BCUT2D eigenvalue weighted by molar-refractivity contribution is 5.62. The van der Waals surface area contributed by atoms with Crippen LogP contribution in [0.25, 0.3) is 5.69 Å². The molecule has 0 radical (unpaired) electrons. The van der Waals surface area contributed by atoms with E-state index in [0.717, 1.165) is 22.8 Å². The average Bonchev–Trinajstić information content (AvgIpc) is 3.07. The SMILES string of the molecule is COCCOc1cc(C)nc(Nc2ccc(-n3cnc(C)c3)c(OC)c2)n1.[HH]. The van der Waals surface area contributed by atoms with Crippen molar-refractivity contribution in [2.45, 2.75) is 13.8 Å². The minimum absolute atomic E-state index is 0. The molecule has 0 atom stereocenters. The predicted octanol–water partition coefficient (Wildman–Crippen LogP) is 3.30. The molecule has 27 heavy (non-hydrogen) atoms. The Hall–Kier alpha value is -3.13. The van der Waals surface area contributed by atoms with Crippen LogP contribution in [0.4, 0.5) is 11.6 Å². The van der Waals surface area contributed by atoms with Gasteiger partial charge in [0.1, 0.15) is 12.4 Å². The van der Waals surface area contributed by atoms with E-state index in [4.69, 9.17) is 14.2 Å². The highest BCUT2D eigenvalue weighted by Crippen LogP contribution is 2.28. The van der Waals surface area contributed by atoms with Crippen LogP contribution in [0.15, 0.2) is 36.8 Å². The number of benzene rings is 1. The van der Waals surface area contributed by atoms with Crippen molar-refractivity contribution in [3.8, 4) is 17.3 Å². The van der Waals surface area contributed by atoms with Crippen molar-refractivity contribution < 1.29 is 15.6 Å². The number of hydrogen-bond acceptors (Lipinski definition) is 7. The first-order valence-corrected chi connectivity index (χ1v) is 8.52. The van der Waals surface area contributed by atoms with Gasteiger partial charge in [-0.25, -0.2) is 9.97 Å². The molecule has 3 rings (SSSR count). The van der Waals surface area contributed by atoms with Crippen molar-refractivity contribution in [1.29, 1.82) is 0 Å². The fraction of sp³-hybridized carbons (Fsp3) is 0.316. The minimum atomic E-state index is 0. The maximum Gasteiger partial charge on any atom is 0.230 e. The molecular weight excluding hydrogens is 346 g/mol. The second-order valence-electron chi connectivity index (χ2n) is 5.95. The van der Waals surface area contributed by atoms with Gasteiger partial charge in [0.25, 0.3) is 0 Å². The molecule has 0 saturated heterocycles. The number of methoxy groups -OCH3 is 2. The molecule has 0 saturated carbocycles. The van der Waals surface area contributed by atoms with E-state index in [9.17, 15) is 0 Å². The average molecular weight is 371 g/mol. The van der Waals surface area contributed by atoms with Crippen LogP contribution in [0, 0.1) is 13.8 Å². The Morgan fingerprint density at radius 2 is 1.93 bits per heavy atom. The van der Waals surface area contributed by atoms with E-state index in [1.54, 1.807) is 26.6 Å². The Balaban J connectivity index is 0.00000280. The number of aryl methyl sites for hydroxylation is 2. The summed E-state index contributed by atoms with van der Waals surface area (Å²) in [5.74, 6) is 1.66. The van der Waals surface area contributed by atoms with Crippen molar-refractivity contribution in [3.05, 3.63) is 48.2 Å². The van der Waals surface area contributed by atoms with E-state index < -0.39 is 0 Å². The lowest BCUT2D eigenvalue weighted by atomic mass is 10.2. The minimum Gasteiger partial charge on any atom is -0.494 e. The van der Waals surface area contributed by atoms with Gasteiger partial charge in [-0.2, -0.15) is 4.98 Å². The van der Waals surface area contributed by atoms with Gasteiger partial charge in [-0.15, -0.1) is 0 Å². The zero-order valence-electron chi connectivity index (χ0n) is 15.9. The molecular formula is C19H25N5O3. The highest BCUT2D eigenvalue weighted by atomic mass is 16.5. The Kier molecular flexibility index (Phi) is 5.87. The molecule has 2 heterocycles. The number of ether oxygens (including phenoxy) is 3. The molecule has 0 fully saturated rings. The lowest BCUT2D eigenvalue weighted by Crippen LogP contribution is -2.07. The number of anilines is 2. The maximum absolute atomic E-state index is 5.58. The van der Waals surface area contributed by atoms with Gasteiger partial charge in [-0.3, -0.25) is 0 Å². The third-order valence-corrected chi connectivity index (χ3v) is 3.79. The number of nitrogens with one attached hydrogen (secondary N) is 1. The molecule has 2 aromatic heterocycles. The summed E-state index contributed by atoms with van der Waals surface area (Å²) in [6, 6.07) is 7.56. The van der Waals surface area contributed by atoms with Crippen LogP contribution in [-0.2, 0) is 4.74 Å². The van der Waals surface area contributed by atoms with Crippen LogP contribution >= 0.6 is 0 Å². The van der Waals surface area contributed by atoms with Crippen molar-refractivity contribution in [2.75, 3.05) is 32.8 Å². The molecule has 0 unspecified atom stereocenters. The van der Waals surface area contributed by atoms with E-state index in [1.165, 1.54) is 0 Å². The summed E-state index contributed by atoms with van der Waals surface area (Å²) < 4.78 is 18.0. The topological polar surface area (TPSA) is 83.3 Å². The monoisotopic (exact) mass is 371 g/mol. The number of imidazole rings is 1. The Bertz CT molecular complexity index is 916. The van der Waals surface area contributed by atoms with Crippen LogP contribution in [0.1, 0.15) is 12.8 Å². The number of rotatable bonds is 8. The maximum atomic E-state index is 5.58. The molecule has 0 aliphatic rings. The van der Waals surface area contributed by atoms with E-state index in [0.29, 0.717) is 30.8 Å². The predicted molar refractivity (Wildman–Crippen MR) is 104 cm³/mol. The van der Waals surface area contributed by atoms with Crippen molar-refractivity contribution in [1.82, 2.24) is 19.5 Å². The second kappa shape index (κ2) is 8.50. The zero-order valence-corrected chi connectivity index (χ0v) is 15.9. The summed E-state index contributed by atoms with van der Waals surface area (Å²) in [7, 11) is 3.26. The van der Waals surface area contributed by atoms with Gasteiger partial charge in [-0.05, 0) is 26.0 Å².